The molecule has 2 atom stereocenters. The number of hydrogen-bond donors (Lipinski definition) is 1. The van der Waals surface area contributed by atoms with Gasteiger partial charge in [0.25, 0.3) is 5.56 Å². The van der Waals surface area contributed by atoms with Crippen LogP contribution in [-0.4, -0.2) is 28.0 Å². The van der Waals surface area contributed by atoms with Crippen LogP contribution in [0.25, 0.3) is 21.3 Å². The van der Waals surface area contributed by atoms with Gasteiger partial charge < -0.3 is 4.98 Å². The molecular weight excluding hydrogens is 330 g/mol. The molecule has 4 nitrogen and oxygen atoms in total. The van der Waals surface area contributed by atoms with Crippen molar-refractivity contribution in [2.24, 2.45) is 11.8 Å². The van der Waals surface area contributed by atoms with E-state index in [1.165, 1.54) is 6.42 Å². The molecule has 2 unspecified atom stereocenters. The highest BCUT2D eigenvalue weighted by Gasteiger charge is 2.22. The summed E-state index contributed by atoms with van der Waals surface area (Å²) in [6.45, 7) is 7.47. The fourth-order valence-corrected chi connectivity index (χ4v) is 5.00. The number of fused-ring (bicyclic) bond motifs is 1. The second-order valence-corrected chi connectivity index (χ2v) is 8.21. The predicted octanol–water partition coefficient (Wildman–Crippen LogP) is 4.13. The monoisotopic (exact) mass is 353 g/mol. The van der Waals surface area contributed by atoms with Crippen molar-refractivity contribution in [3.8, 4) is 11.1 Å². The Morgan fingerprint density at radius 1 is 1.20 bits per heavy atom. The summed E-state index contributed by atoms with van der Waals surface area (Å²) in [5, 5.41) is 2.75. The first-order chi connectivity index (χ1) is 12.1. The lowest BCUT2D eigenvalue weighted by molar-refractivity contribution is 0.131. The van der Waals surface area contributed by atoms with Crippen LogP contribution in [0.4, 0.5) is 0 Å². The highest BCUT2D eigenvalue weighted by atomic mass is 32.1. The molecule has 4 rings (SSSR count). The van der Waals surface area contributed by atoms with Gasteiger partial charge in [0.2, 0.25) is 0 Å². The quantitative estimate of drug-likeness (QED) is 0.770. The van der Waals surface area contributed by atoms with E-state index in [-0.39, 0.29) is 5.56 Å². The van der Waals surface area contributed by atoms with E-state index in [1.807, 2.05) is 35.7 Å². The van der Waals surface area contributed by atoms with Crippen molar-refractivity contribution in [2.75, 3.05) is 13.1 Å². The van der Waals surface area contributed by atoms with Crippen molar-refractivity contribution in [3.05, 3.63) is 51.9 Å². The number of piperidine rings is 1. The van der Waals surface area contributed by atoms with Gasteiger partial charge in [0.15, 0.2) is 0 Å². The molecule has 0 amide bonds. The Morgan fingerprint density at radius 3 is 2.64 bits per heavy atom. The highest BCUT2D eigenvalue weighted by molar-refractivity contribution is 7.17. The number of rotatable bonds is 3. The summed E-state index contributed by atoms with van der Waals surface area (Å²) < 4.78 is 0. The molecule has 3 aromatic rings. The summed E-state index contributed by atoms with van der Waals surface area (Å²) in [5.41, 5.74) is 2.01. The Balaban J connectivity index is 1.66. The molecular formula is C20H23N3OS. The number of H-pyrrole nitrogens is 1. The van der Waals surface area contributed by atoms with Gasteiger partial charge in [-0.3, -0.25) is 9.69 Å². The second-order valence-electron chi connectivity index (χ2n) is 7.35. The van der Waals surface area contributed by atoms with Gasteiger partial charge in [-0.15, -0.1) is 11.3 Å². The van der Waals surface area contributed by atoms with Gasteiger partial charge in [0, 0.05) is 24.0 Å². The second kappa shape index (κ2) is 6.73. The van der Waals surface area contributed by atoms with Gasteiger partial charge in [-0.25, -0.2) is 4.98 Å². The van der Waals surface area contributed by atoms with Gasteiger partial charge in [-0.05, 0) is 23.8 Å². The fourth-order valence-electron chi connectivity index (χ4n) is 4.03. The van der Waals surface area contributed by atoms with Crippen molar-refractivity contribution in [1.29, 1.82) is 0 Å². The molecule has 1 saturated heterocycles. The van der Waals surface area contributed by atoms with Crippen LogP contribution in [0.1, 0.15) is 26.1 Å². The number of thiophene rings is 1. The van der Waals surface area contributed by atoms with E-state index in [0.29, 0.717) is 17.2 Å². The topological polar surface area (TPSA) is 49.0 Å². The molecule has 25 heavy (non-hydrogen) atoms. The number of nitrogens with zero attached hydrogens (tertiary/aromatic N) is 2. The van der Waals surface area contributed by atoms with E-state index >= 15 is 0 Å². The number of likely N-dealkylation sites (tertiary alicyclic amines) is 1. The smallest absolute Gasteiger partial charge is 0.260 e. The Hall–Kier alpha value is -1.98. The first kappa shape index (κ1) is 16.5. The lowest BCUT2D eigenvalue weighted by Crippen LogP contribution is -2.38. The number of aromatic amines is 1. The summed E-state index contributed by atoms with van der Waals surface area (Å²) in [5.74, 6) is 2.18. The fraction of sp³-hybridized carbons (Fsp3) is 0.400. The third-order valence-corrected chi connectivity index (χ3v) is 5.77. The van der Waals surface area contributed by atoms with Gasteiger partial charge in [-0.1, -0.05) is 44.2 Å². The molecule has 130 valence electrons. The summed E-state index contributed by atoms with van der Waals surface area (Å²) in [7, 11) is 0. The van der Waals surface area contributed by atoms with Crippen LogP contribution < -0.4 is 5.56 Å². The number of nitrogens with one attached hydrogen (secondary N) is 1. The minimum absolute atomic E-state index is 0.0294. The lowest BCUT2D eigenvalue weighted by atomic mass is 9.92. The standard InChI is InChI=1S/C20H23N3OS/c1-13-8-14(2)10-23(9-13)11-17-21-19(24)18-16(12-25-20(18)22-17)15-6-4-3-5-7-15/h3-7,12-14H,8-11H2,1-2H3,(H,21,22,24). The molecule has 0 spiro atoms. The number of benzene rings is 1. The summed E-state index contributed by atoms with van der Waals surface area (Å²) in [4.78, 5) is 23.7. The van der Waals surface area contributed by atoms with E-state index < -0.39 is 0 Å². The van der Waals surface area contributed by atoms with Gasteiger partial charge in [0.05, 0.1) is 11.9 Å². The van der Waals surface area contributed by atoms with Crippen molar-refractivity contribution < 1.29 is 0 Å². The van der Waals surface area contributed by atoms with Crippen LogP contribution >= 0.6 is 11.3 Å². The molecule has 1 aliphatic rings. The molecule has 1 N–H and O–H groups in total. The molecule has 1 aliphatic heterocycles. The van der Waals surface area contributed by atoms with Crippen molar-refractivity contribution in [3.63, 3.8) is 0 Å². The molecule has 0 saturated carbocycles. The van der Waals surface area contributed by atoms with E-state index in [2.05, 4.69) is 23.7 Å². The zero-order valence-corrected chi connectivity index (χ0v) is 15.5. The third-order valence-electron chi connectivity index (χ3n) is 4.90. The highest BCUT2D eigenvalue weighted by Crippen LogP contribution is 2.30. The first-order valence-electron chi connectivity index (χ1n) is 8.88. The maximum absolute atomic E-state index is 12.7. The average molecular weight is 353 g/mol. The SMILES string of the molecule is CC1CC(C)CN(Cc2nc3scc(-c4ccccc4)c3c(=O)[nH]2)C1. The Bertz CT molecular complexity index is 921. The van der Waals surface area contributed by atoms with Crippen molar-refractivity contribution in [2.45, 2.75) is 26.8 Å². The van der Waals surface area contributed by atoms with Crippen LogP contribution in [0.5, 0.6) is 0 Å². The molecule has 0 bridgehead atoms. The van der Waals surface area contributed by atoms with E-state index in [9.17, 15) is 4.79 Å². The third kappa shape index (κ3) is 3.39. The minimum atomic E-state index is -0.0294. The molecule has 3 heterocycles. The van der Waals surface area contributed by atoms with Crippen LogP contribution in [-0.2, 0) is 6.54 Å². The molecule has 1 aromatic carbocycles. The normalized spacial score (nSPS) is 21.7. The zero-order chi connectivity index (χ0) is 17.4. The Morgan fingerprint density at radius 2 is 1.92 bits per heavy atom. The maximum Gasteiger partial charge on any atom is 0.260 e. The first-order valence-corrected chi connectivity index (χ1v) is 9.76. The number of aromatic nitrogens is 2. The van der Waals surface area contributed by atoms with Crippen LogP contribution in [0.15, 0.2) is 40.5 Å². The van der Waals surface area contributed by atoms with Crippen molar-refractivity contribution in [1.82, 2.24) is 14.9 Å². The predicted molar refractivity (Wildman–Crippen MR) is 104 cm³/mol. The van der Waals surface area contributed by atoms with Crippen LogP contribution in [0.2, 0.25) is 0 Å². The molecule has 0 aliphatic carbocycles. The van der Waals surface area contributed by atoms with Crippen LogP contribution in [0.3, 0.4) is 0 Å². The minimum Gasteiger partial charge on any atom is -0.309 e. The molecule has 2 aromatic heterocycles. The maximum atomic E-state index is 12.7. The van der Waals surface area contributed by atoms with Gasteiger partial charge in [0.1, 0.15) is 10.7 Å². The van der Waals surface area contributed by atoms with Crippen molar-refractivity contribution >= 4 is 21.6 Å². The van der Waals surface area contributed by atoms with E-state index in [4.69, 9.17) is 4.98 Å². The Labute approximate surface area is 151 Å². The average Bonchev–Trinajstić information content (AvgIpc) is 2.99. The van der Waals surface area contributed by atoms with E-state index in [0.717, 1.165) is 41.4 Å². The molecule has 1 fully saturated rings. The van der Waals surface area contributed by atoms with Gasteiger partial charge >= 0.3 is 0 Å². The largest absolute Gasteiger partial charge is 0.309 e. The summed E-state index contributed by atoms with van der Waals surface area (Å²) in [6.07, 6.45) is 1.28. The van der Waals surface area contributed by atoms with Crippen LogP contribution in [0, 0.1) is 11.8 Å². The molecule has 0 radical (unpaired) electrons. The molecule has 5 heteroatoms. The number of hydrogen-bond acceptors (Lipinski definition) is 4. The Kier molecular flexibility index (Phi) is 4.44. The lowest BCUT2D eigenvalue weighted by Gasteiger charge is -2.34. The van der Waals surface area contributed by atoms with Gasteiger partial charge in [-0.2, -0.15) is 0 Å². The summed E-state index contributed by atoms with van der Waals surface area (Å²) in [6, 6.07) is 10.0. The zero-order valence-electron chi connectivity index (χ0n) is 14.7. The summed E-state index contributed by atoms with van der Waals surface area (Å²) >= 11 is 1.55. The van der Waals surface area contributed by atoms with E-state index in [1.54, 1.807) is 11.3 Å².